The Morgan fingerprint density at radius 3 is 2.00 bits per heavy atom. The van der Waals surface area contributed by atoms with Gasteiger partial charge in [0.05, 0.1) is 6.04 Å². The molecule has 0 saturated heterocycles. The highest BCUT2D eigenvalue weighted by Gasteiger charge is 2.23. The number of nitrogens with one attached hydrogen (secondary N) is 1. The minimum atomic E-state index is 0.104. The van der Waals surface area contributed by atoms with E-state index in [0.717, 1.165) is 10.6 Å². The first-order chi connectivity index (χ1) is 9.45. The highest BCUT2D eigenvalue weighted by Crippen LogP contribution is 2.34. The molecule has 106 valence electrons. The molecule has 0 fully saturated rings. The number of halogens is 1. The van der Waals surface area contributed by atoms with Crippen LogP contribution < -0.4 is 5.32 Å². The molecule has 2 heteroatoms. The van der Waals surface area contributed by atoms with Gasteiger partial charge in [0.2, 0.25) is 0 Å². The first-order valence-electron chi connectivity index (χ1n) is 6.96. The summed E-state index contributed by atoms with van der Waals surface area (Å²) in [5.74, 6) is 0. The smallest absolute Gasteiger partial charge is 0.0591 e. The summed E-state index contributed by atoms with van der Waals surface area (Å²) >= 11 is 6.37. The molecular formula is C18H22ClN. The van der Waals surface area contributed by atoms with Gasteiger partial charge in [0.25, 0.3) is 0 Å². The molecule has 0 aliphatic carbocycles. The van der Waals surface area contributed by atoms with E-state index in [9.17, 15) is 0 Å². The number of rotatable bonds is 3. The lowest BCUT2D eigenvalue weighted by Crippen LogP contribution is -2.23. The third kappa shape index (κ3) is 3.05. The predicted molar refractivity (Wildman–Crippen MR) is 87.5 cm³/mol. The van der Waals surface area contributed by atoms with Crippen molar-refractivity contribution in [3.63, 3.8) is 0 Å². The van der Waals surface area contributed by atoms with Crippen molar-refractivity contribution in [3.05, 3.63) is 70.2 Å². The van der Waals surface area contributed by atoms with E-state index in [-0.39, 0.29) is 11.5 Å². The second kappa shape index (κ2) is 5.99. The van der Waals surface area contributed by atoms with Crippen molar-refractivity contribution in [1.82, 2.24) is 5.32 Å². The van der Waals surface area contributed by atoms with Gasteiger partial charge in [-0.25, -0.2) is 0 Å². The van der Waals surface area contributed by atoms with Crippen LogP contribution in [0.4, 0.5) is 0 Å². The first-order valence-corrected chi connectivity index (χ1v) is 7.34. The van der Waals surface area contributed by atoms with Gasteiger partial charge in [0, 0.05) is 5.02 Å². The van der Waals surface area contributed by atoms with Gasteiger partial charge < -0.3 is 5.32 Å². The molecule has 0 amide bonds. The van der Waals surface area contributed by atoms with Crippen LogP contribution in [0, 0.1) is 0 Å². The third-order valence-corrected chi connectivity index (χ3v) is 3.93. The van der Waals surface area contributed by atoms with Crippen molar-refractivity contribution in [2.24, 2.45) is 0 Å². The average molecular weight is 288 g/mol. The van der Waals surface area contributed by atoms with E-state index in [1.54, 1.807) is 0 Å². The summed E-state index contributed by atoms with van der Waals surface area (Å²) in [5.41, 5.74) is 3.86. The van der Waals surface area contributed by atoms with E-state index >= 15 is 0 Å². The fraction of sp³-hybridized carbons (Fsp3) is 0.333. The van der Waals surface area contributed by atoms with Gasteiger partial charge in [-0.05, 0) is 35.2 Å². The molecular weight excluding hydrogens is 266 g/mol. The number of hydrogen-bond acceptors (Lipinski definition) is 1. The van der Waals surface area contributed by atoms with E-state index in [4.69, 9.17) is 11.6 Å². The summed E-state index contributed by atoms with van der Waals surface area (Å²) in [7, 11) is 1.98. The first kappa shape index (κ1) is 15.1. The van der Waals surface area contributed by atoms with E-state index in [1.165, 1.54) is 11.1 Å². The minimum Gasteiger partial charge on any atom is -0.309 e. The quantitative estimate of drug-likeness (QED) is 0.842. The summed E-state index contributed by atoms with van der Waals surface area (Å²) in [6.07, 6.45) is 0. The van der Waals surface area contributed by atoms with Gasteiger partial charge in [0.1, 0.15) is 0 Å². The molecule has 1 atom stereocenters. The Labute approximate surface area is 127 Å². The van der Waals surface area contributed by atoms with Crippen LogP contribution >= 0.6 is 11.6 Å². The Morgan fingerprint density at radius 1 is 0.900 bits per heavy atom. The van der Waals surface area contributed by atoms with Crippen LogP contribution in [0.1, 0.15) is 43.5 Å². The Bertz CT molecular complexity index is 584. The fourth-order valence-corrected chi connectivity index (χ4v) is 2.86. The fourth-order valence-electron chi connectivity index (χ4n) is 2.62. The van der Waals surface area contributed by atoms with E-state index in [1.807, 2.05) is 25.2 Å². The van der Waals surface area contributed by atoms with E-state index in [0.29, 0.717) is 0 Å². The summed E-state index contributed by atoms with van der Waals surface area (Å²) in [4.78, 5) is 0. The standard InChI is InChI=1S/C18H22ClN/c1-18(2,3)15-11-7-5-9-13(15)17(20-4)14-10-6-8-12-16(14)19/h5-12,17,20H,1-4H3. The predicted octanol–water partition coefficient (Wildman–Crippen LogP) is 4.95. The van der Waals surface area contributed by atoms with Gasteiger partial charge in [0.15, 0.2) is 0 Å². The SMILES string of the molecule is CNC(c1ccccc1Cl)c1ccccc1C(C)(C)C. The van der Waals surface area contributed by atoms with Gasteiger partial charge >= 0.3 is 0 Å². The van der Waals surface area contributed by atoms with E-state index in [2.05, 4.69) is 56.4 Å². The summed E-state index contributed by atoms with van der Waals surface area (Å²) in [6, 6.07) is 16.7. The van der Waals surface area contributed by atoms with Crippen LogP contribution in [0.5, 0.6) is 0 Å². The average Bonchev–Trinajstić information content (AvgIpc) is 2.41. The molecule has 0 radical (unpaired) electrons. The lowest BCUT2D eigenvalue weighted by atomic mass is 9.80. The molecule has 1 N–H and O–H groups in total. The summed E-state index contributed by atoms with van der Waals surface area (Å²) in [5, 5.41) is 4.20. The highest BCUT2D eigenvalue weighted by molar-refractivity contribution is 6.31. The van der Waals surface area contributed by atoms with Crippen LogP contribution in [-0.4, -0.2) is 7.05 Å². The molecule has 20 heavy (non-hydrogen) atoms. The maximum Gasteiger partial charge on any atom is 0.0591 e. The summed E-state index contributed by atoms with van der Waals surface area (Å²) < 4.78 is 0. The summed E-state index contributed by atoms with van der Waals surface area (Å²) in [6.45, 7) is 6.72. The Hall–Kier alpha value is -1.31. The molecule has 2 aromatic carbocycles. The van der Waals surface area contributed by atoms with Crippen molar-refractivity contribution in [1.29, 1.82) is 0 Å². The second-order valence-corrected chi connectivity index (χ2v) is 6.49. The minimum absolute atomic E-state index is 0.104. The third-order valence-electron chi connectivity index (χ3n) is 3.58. The van der Waals surface area contributed by atoms with Crippen molar-refractivity contribution in [2.75, 3.05) is 7.05 Å². The van der Waals surface area contributed by atoms with Crippen molar-refractivity contribution in [3.8, 4) is 0 Å². The Balaban J connectivity index is 2.57. The topological polar surface area (TPSA) is 12.0 Å². The lowest BCUT2D eigenvalue weighted by Gasteiger charge is -2.28. The molecule has 0 saturated carbocycles. The zero-order chi connectivity index (χ0) is 14.8. The molecule has 0 heterocycles. The lowest BCUT2D eigenvalue weighted by molar-refractivity contribution is 0.567. The number of hydrogen-bond donors (Lipinski definition) is 1. The van der Waals surface area contributed by atoms with Crippen LogP contribution in [0.15, 0.2) is 48.5 Å². The molecule has 2 aromatic rings. The van der Waals surface area contributed by atoms with Crippen LogP contribution in [0.25, 0.3) is 0 Å². The van der Waals surface area contributed by atoms with Gasteiger partial charge in [-0.1, -0.05) is 74.8 Å². The van der Waals surface area contributed by atoms with Crippen LogP contribution in [0.3, 0.4) is 0 Å². The second-order valence-electron chi connectivity index (χ2n) is 6.08. The molecule has 0 spiro atoms. The molecule has 0 aliphatic rings. The molecule has 0 bridgehead atoms. The molecule has 0 aliphatic heterocycles. The zero-order valence-corrected chi connectivity index (χ0v) is 13.3. The molecule has 1 nitrogen and oxygen atoms in total. The number of benzene rings is 2. The van der Waals surface area contributed by atoms with Gasteiger partial charge in [-0.3, -0.25) is 0 Å². The molecule has 0 aromatic heterocycles. The van der Waals surface area contributed by atoms with Crippen LogP contribution in [0.2, 0.25) is 5.02 Å². The van der Waals surface area contributed by atoms with Gasteiger partial charge in [-0.15, -0.1) is 0 Å². The van der Waals surface area contributed by atoms with Crippen molar-refractivity contribution in [2.45, 2.75) is 32.2 Å². The maximum atomic E-state index is 6.37. The van der Waals surface area contributed by atoms with E-state index < -0.39 is 0 Å². The monoisotopic (exact) mass is 287 g/mol. The normalized spacial score (nSPS) is 13.2. The largest absolute Gasteiger partial charge is 0.309 e. The molecule has 1 unspecified atom stereocenters. The zero-order valence-electron chi connectivity index (χ0n) is 12.6. The molecule has 2 rings (SSSR count). The van der Waals surface area contributed by atoms with Crippen molar-refractivity contribution >= 4 is 11.6 Å². The highest BCUT2D eigenvalue weighted by atomic mass is 35.5. The maximum absolute atomic E-state index is 6.37. The van der Waals surface area contributed by atoms with Crippen molar-refractivity contribution < 1.29 is 0 Å². The van der Waals surface area contributed by atoms with Gasteiger partial charge in [-0.2, -0.15) is 0 Å². The Morgan fingerprint density at radius 2 is 1.45 bits per heavy atom. The van der Waals surface area contributed by atoms with Crippen LogP contribution in [-0.2, 0) is 5.41 Å². The Kier molecular flexibility index (Phi) is 4.52.